The second-order valence-corrected chi connectivity index (χ2v) is 10.6. The Labute approximate surface area is 202 Å². The normalized spacial score (nSPS) is 16.8. The third kappa shape index (κ3) is 3.91. The van der Waals surface area contributed by atoms with Gasteiger partial charge in [0.1, 0.15) is 11.0 Å². The Hall–Kier alpha value is -2.52. The van der Waals surface area contributed by atoms with Crippen molar-refractivity contribution in [2.75, 3.05) is 0 Å². The lowest BCUT2D eigenvalue weighted by atomic mass is 9.75. The molecule has 1 heterocycles. The highest BCUT2D eigenvalue weighted by Gasteiger charge is 2.39. The van der Waals surface area contributed by atoms with Crippen LogP contribution in [0.15, 0.2) is 48.5 Å². The molecule has 0 saturated carbocycles. The Balaban J connectivity index is 1.55. The van der Waals surface area contributed by atoms with Crippen LogP contribution >= 0.6 is 11.7 Å². The molecule has 1 unspecified atom stereocenters. The molecule has 1 aliphatic rings. The van der Waals surface area contributed by atoms with E-state index >= 15 is 0 Å². The van der Waals surface area contributed by atoms with E-state index in [1.807, 2.05) is 0 Å². The fourth-order valence-corrected chi connectivity index (χ4v) is 6.27. The second-order valence-electron chi connectivity index (χ2n) is 10.1. The van der Waals surface area contributed by atoms with Crippen LogP contribution in [0.5, 0.6) is 0 Å². The summed E-state index contributed by atoms with van der Waals surface area (Å²) < 4.78 is 9.20. The second kappa shape index (κ2) is 9.02. The fourth-order valence-electron chi connectivity index (χ4n) is 5.65. The molecule has 5 rings (SSSR count). The van der Waals surface area contributed by atoms with E-state index in [1.54, 1.807) is 0 Å². The monoisotopic (exact) mass is 454 g/mol. The molecular formula is C30H34N2S. The average Bonchev–Trinajstić information content (AvgIpc) is 3.40. The Morgan fingerprint density at radius 3 is 2.21 bits per heavy atom. The van der Waals surface area contributed by atoms with Crippen LogP contribution in [-0.2, 0) is 5.41 Å². The van der Waals surface area contributed by atoms with E-state index in [-0.39, 0.29) is 5.41 Å². The first-order valence-electron chi connectivity index (χ1n) is 12.5. The van der Waals surface area contributed by atoms with Gasteiger partial charge in [0.25, 0.3) is 0 Å². The zero-order valence-electron chi connectivity index (χ0n) is 20.4. The number of rotatable bonds is 8. The van der Waals surface area contributed by atoms with Crippen LogP contribution in [0.3, 0.4) is 0 Å². The summed E-state index contributed by atoms with van der Waals surface area (Å²) in [6.07, 6.45) is 9.21. The highest BCUT2D eigenvalue weighted by molar-refractivity contribution is 7.00. The maximum Gasteiger partial charge on any atom is 0.112 e. The van der Waals surface area contributed by atoms with Gasteiger partial charge < -0.3 is 0 Å². The molecule has 3 heteroatoms. The van der Waals surface area contributed by atoms with Gasteiger partial charge in [-0.2, -0.15) is 8.75 Å². The maximum absolute atomic E-state index is 4.65. The van der Waals surface area contributed by atoms with Gasteiger partial charge in [-0.1, -0.05) is 100 Å². The zero-order chi connectivity index (χ0) is 23.0. The first-order chi connectivity index (χ1) is 16.0. The van der Waals surface area contributed by atoms with Crippen molar-refractivity contribution in [2.24, 2.45) is 0 Å². The highest BCUT2D eigenvalue weighted by atomic mass is 32.1. The lowest BCUT2D eigenvalue weighted by molar-refractivity contribution is 0.480. The van der Waals surface area contributed by atoms with Crippen molar-refractivity contribution in [3.8, 4) is 22.3 Å². The molecule has 170 valence electrons. The molecular weight excluding hydrogens is 420 g/mol. The smallest absolute Gasteiger partial charge is 0.112 e. The van der Waals surface area contributed by atoms with Crippen molar-refractivity contribution in [2.45, 2.75) is 78.1 Å². The van der Waals surface area contributed by atoms with Crippen LogP contribution in [0.25, 0.3) is 33.3 Å². The Bertz CT molecular complexity index is 1300. The molecule has 0 spiro atoms. The van der Waals surface area contributed by atoms with E-state index in [0.717, 1.165) is 11.0 Å². The van der Waals surface area contributed by atoms with Gasteiger partial charge in [0.05, 0.1) is 11.7 Å². The Kier molecular flexibility index (Phi) is 6.09. The molecule has 0 saturated heterocycles. The summed E-state index contributed by atoms with van der Waals surface area (Å²) in [5, 5.41) is 0. The number of fused-ring (bicyclic) bond motifs is 4. The van der Waals surface area contributed by atoms with Gasteiger partial charge in [0, 0.05) is 11.0 Å². The molecule has 0 N–H and O–H groups in total. The van der Waals surface area contributed by atoms with Crippen LogP contribution in [0.2, 0.25) is 0 Å². The van der Waals surface area contributed by atoms with Gasteiger partial charge in [-0.05, 0) is 59.7 Å². The van der Waals surface area contributed by atoms with Crippen molar-refractivity contribution in [3.63, 3.8) is 0 Å². The third-order valence-corrected chi connectivity index (χ3v) is 8.16. The Morgan fingerprint density at radius 1 is 0.727 bits per heavy atom. The summed E-state index contributed by atoms with van der Waals surface area (Å²) in [5.41, 5.74) is 12.9. The number of aromatic nitrogens is 2. The van der Waals surface area contributed by atoms with Gasteiger partial charge in [-0.25, -0.2) is 0 Å². The molecule has 0 aliphatic heterocycles. The third-order valence-electron chi connectivity index (χ3n) is 7.63. The number of benzene rings is 3. The van der Waals surface area contributed by atoms with Crippen molar-refractivity contribution < 1.29 is 0 Å². The summed E-state index contributed by atoms with van der Waals surface area (Å²) >= 11 is 1.31. The van der Waals surface area contributed by atoms with E-state index in [2.05, 4.69) is 85.0 Å². The summed E-state index contributed by atoms with van der Waals surface area (Å²) in [4.78, 5) is 0. The van der Waals surface area contributed by atoms with Gasteiger partial charge in [-0.3, -0.25) is 0 Å². The molecule has 1 atom stereocenters. The summed E-state index contributed by atoms with van der Waals surface area (Å²) in [7, 11) is 0. The predicted octanol–water partition coefficient (Wildman–Crippen LogP) is 9.01. The molecule has 1 aromatic heterocycles. The van der Waals surface area contributed by atoms with Crippen molar-refractivity contribution >= 4 is 22.8 Å². The quantitative estimate of drug-likeness (QED) is 0.248. The number of unbranched alkanes of at least 4 members (excludes halogenated alkanes) is 5. The van der Waals surface area contributed by atoms with E-state index in [9.17, 15) is 0 Å². The van der Waals surface area contributed by atoms with E-state index in [0.29, 0.717) is 0 Å². The van der Waals surface area contributed by atoms with Crippen molar-refractivity contribution in [1.29, 1.82) is 0 Å². The maximum atomic E-state index is 4.65. The van der Waals surface area contributed by atoms with Gasteiger partial charge in [0.15, 0.2) is 0 Å². The fraction of sp³-hybridized carbons (Fsp3) is 0.400. The van der Waals surface area contributed by atoms with E-state index in [4.69, 9.17) is 0 Å². The van der Waals surface area contributed by atoms with E-state index < -0.39 is 0 Å². The largest absolute Gasteiger partial charge is 0.173 e. The van der Waals surface area contributed by atoms with Crippen LogP contribution < -0.4 is 0 Å². The molecule has 4 aromatic rings. The number of hydrogen-bond donors (Lipinski definition) is 0. The number of aryl methyl sites for hydroxylation is 2. The van der Waals surface area contributed by atoms with Gasteiger partial charge in [-0.15, -0.1) is 0 Å². The minimum atomic E-state index is 0.0571. The van der Waals surface area contributed by atoms with Crippen LogP contribution in [-0.4, -0.2) is 8.75 Å². The minimum Gasteiger partial charge on any atom is -0.173 e. The highest BCUT2D eigenvalue weighted by Crippen LogP contribution is 2.52. The summed E-state index contributed by atoms with van der Waals surface area (Å²) in [6, 6.07) is 18.5. The Morgan fingerprint density at radius 2 is 1.39 bits per heavy atom. The molecule has 0 bridgehead atoms. The standard InChI is InChI=1S/C30H34N2S/c1-5-6-7-8-9-10-17-30(4)26-18-20(2)11-14-24(26)25-16-13-22(19-27(25)30)23-15-12-21(3)28-29(23)32-33-31-28/h11-16,18-19H,5-10,17H2,1-4H3. The lowest BCUT2D eigenvalue weighted by Crippen LogP contribution is -2.21. The van der Waals surface area contributed by atoms with Crippen LogP contribution in [0.1, 0.15) is 81.0 Å². The first-order valence-corrected chi connectivity index (χ1v) is 13.2. The topological polar surface area (TPSA) is 25.8 Å². The van der Waals surface area contributed by atoms with Crippen molar-refractivity contribution in [3.05, 3.63) is 70.8 Å². The predicted molar refractivity (Wildman–Crippen MR) is 142 cm³/mol. The SMILES string of the molecule is CCCCCCCCC1(C)c2cc(C)ccc2-c2ccc(-c3ccc(C)c4nsnc34)cc21. The van der Waals surface area contributed by atoms with Crippen LogP contribution in [0.4, 0.5) is 0 Å². The summed E-state index contributed by atoms with van der Waals surface area (Å²) in [5.74, 6) is 0. The molecule has 2 nitrogen and oxygen atoms in total. The molecule has 0 amide bonds. The van der Waals surface area contributed by atoms with Crippen LogP contribution in [0, 0.1) is 13.8 Å². The average molecular weight is 455 g/mol. The number of hydrogen-bond acceptors (Lipinski definition) is 3. The lowest BCUT2D eigenvalue weighted by Gasteiger charge is -2.28. The molecule has 3 aromatic carbocycles. The van der Waals surface area contributed by atoms with Gasteiger partial charge >= 0.3 is 0 Å². The molecule has 0 fully saturated rings. The van der Waals surface area contributed by atoms with Crippen molar-refractivity contribution in [1.82, 2.24) is 8.75 Å². The first kappa shape index (κ1) is 22.3. The molecule has 33 heavy (non-hydrogen) atoms. The zero-order valence-corrected chi connectivity index (χ0v) is 21.2. The summed E-state index contributed by atoms with van der Waals surface area (Å²) in [6.45, 7) is 9.10. The van der Waals surface area contributed by atoms with Gasteiger partial charge in [0.2, 0.25) is 0 Å². The minimum absolute atomic E-state index is 0.0571. The molecule has 0 radical (unpaired) electrons. The number of nitrogens with zero attached hydrogens (tertiary/aromatic N) is 2. The molecule has 1 aliphatic carbocycles. The van der Waals surface area contributed by atoms with E-state index in [1.165, 1.54) is 101 Å².